The van der Waals surface area contributed by atoms with Crippen molar-refractivity contribution in [2.75, 3.05) is 0 Å². The molecule has 0 saturated heterocycles. The van der Waals surface area contributed by atoms with E-state index >= 15 is 0 Å². The van der Waals surface area contributed by atoms with E-state index in [4.69, 9.17) is 10.9 Å². The minimum Gasteiger partial charge on any atom is -0.409 e. The van der Waals surface area contributed by atoms with Gasteiger partial charge in [-0.05, 0) is 18.6 Å². The van der Waals surface area contributed by atoms with Crippen molar-refractivity contribution >= 4 is 5.84 Å². The van der Waals surface area contributed by atoms with Crippen LogP contribution in [0.5, 0.6) is 0 Å². The molecule has 4 heteroatoms. The van der Waals surface area contributed by atoms with Crippen LogP contribution in [-0.4, -0.2) is 16.0 Å². The summed E-state index contributed by atoms with van der Waals surface area (Å²) in [5, 5.41) is 11.7. The largest absolute Gasteiger partial charge is 0.409 e. The minimum absolute atomic E-state index is 0.205. The van der Waals surface area contributed by atoms with E-state index in [1.54, 1.807) is 6.20 Å². The molecule has 2 unspecified atom stereocenters. The van der Waals surface area contributed by atoms with Crippen molar-refractivity contribution in [3.8, 4) is 0 Å². The Morgan fingerprint density at radius 3 is 3.07 bits per heavy atom. The second-order valence-electron chi connectivity index (χ2n) is 3.91. The molecule has 1 aromatic heterocycles. The number of hydrogen-bond donors (Lipinski definition) is 2. The number of amidine groups is 1. The van der Waals surface area contributed by atoms with Crippen LogP contribution in [0.2, 0.25) is 0 Å². The van der Waals surface area contributed by atoms with Gasteiger partial charge in [0, 0.05) is 23.2 Å². The molecule has 0 aliphatic heterocycles. The number of hydrogen-bond acceptors (Lipinski definition) is 3. The van der Waals surface area contributed by atoms with Gasteiger partial charge in [-0.1, -0.05) is 18.1 Å². The van der Waals surface area contributed by atoms with Gasteiger partial charge in [-0.25, -0.2) is 0 Å². The summed E-state index contributed by atoms with van der Waals surface area (Å²) < 4.78 is 0. The van der Waals surface area contributed by atoms with Crippen LogP contribution in [0.15, 0.2) is 29.6 Å². The molecule has 1 saturated carbocycles. The highest BCUT2D eigenvalue weighted by Gasteiger charge is 2.55. The number of oxime groups is 1. The van der Waals surface area contributed by atoms with Gasteiger partial charge in [0.1, 0.15) is 5.84 Å². The van der Waals surface area contributed by atoms with E-state index in [-0.39, 0.29) is 5.41 Å². The molecule has 4 nitrogen and oxygen atoms in total. The lowest BCUT2D eigenvalue weighted by Gasteiger charge is -2.07. The highest BCUT2D eigenvalue weighted by Crippen LogP contribution is 2.58. The van der Waals surface area contributed by atoms with E-state index in [1.165, 1.54) is 0 Å². The molecule has 0 aromatic carbocycles. The molecule has 0 spiro atoms. The molecule has 1 aliphatic carbocycles. The fraction of sp³-hybridized carbons (Fsp3) is 0.400. The van der Waals surface area contributed by atoms with Crippen LogP contribution in [0.4, 0.5) is 0 Å². The highest BCUT2D eigenvalue weighted by atomic mass is 16.4. The number of rotatable bonds is 2. The van der Waals surface area contributed by atoms with Gasteiger partial charge in [0.25, 0.3) is 0 Å². The Kier molecular flexibility index (Phi) is 1.91. The fourth-order valence-electron chi connectivity index (χ4n) is 1.78. The lowest BCUT2D eigenvalue weighted by Crippen LogP contribution is -2.24. The average Bonchev–Trinajstić information content (AvgIpc) is 2.92. The van der Waals surface area contributed by atoms with Gasteiger partial charge in [-0.3, -0.25) is 4.98 Å². The highest BCUT2D eigenvalue weighted by molar-refractivity contribution is 5.89. The quantitative estimate of drug-likeness (QED) is 0.320. The Morgan fingerprint density at radius 2 is 2.50 bits per heavy atom. The molecule has 0 radical (unpaired) electrons. The number of nitrogens with zero attached hydrogens (tertiary/aromatic N) is 2. The standard InChI is InChI=1S/C10H13N3O/c1-10(9(11)13-14)6-7(10)8-4-2-3-5-12-8/h2-5,7,14H,6H2,1H3,(H2,11,13). The first-order valence-corrected chi connectivity index (χ1v) is 4.57. The molecule has 1 heterocycles. The summed E-state index contributed by atoms with van der Waals surface area (Å²) in [5.41, 5.74) is 6.42. The van der Waals surface area contributed by atoms with E-state index in [1.807, 2.05) is 25.1 Å². The first-order chi connectivity index (χ1) is 6.68. The van der Waals surface area contributed by atoms with Crippen molar-refractivity contribution in [1.82, 2.24) is 4.98 Å². The molecule has 0 bridgehead atoms. The maximum atomic E-state index is 8.62. The molecular formula is C10H13N3O. The first-order valence-electron chi connectivity index (χ1n) is 4.57. The molecule has 0 amide bonds. The Balaban J connectivity index is 2.20. The summed E-state index contributed by atoms with van der Waals surface area (Å²) in [4.78, 5) is 4.26. The SMILES string of the molecule is CC1(C(N)=NO)CC1c1ccccn1. The summed E-state index contributed by atoms with van der Waals surface area (Å²) in [6.45, 7) is 1.99. The lowest BCUT2D eigenvalue weighted by atomic mass is 10.0. The van der Waals surface area contributed by atoms with Crippen molar-refractivity contribution < 1.29 is 5.21 Å². The van der Waals surface area contributed by atoms with Gasteiger partial charge in [0.05, 0.1) is 0 Å². The van der Waals surface area contributed by atoms with Crippen molar-refractivity contribution in [2.24, 2.45) is 16.3 Å². The molecule has 2 rings (SSSR count). The molecule has 1 fully saturated rings. The summed E-state index contributed by atoms with van der Waals surface area (Å²) in [7, 11) is 0. The van der Waals surface area contributed by atoms with Gasteiger partial charge >= 0.3 is 0 Å². The second kappa shape index (κ2) is 2.97. The molecule has 74 valence electrons. The smallest absolute Gasteiger partial charge is 0.145 e. The summed E-state index contributed by atoms with van der Waals surface area (Å²) in [6, 6.07) is 5.81. The maximum Gasteiger partial charge on any atom is 0.145 e. The van der Waals surface area contributed by atoms with Crippen LogP contribution in [-0.2, 0) is 0 Å². The minimum atomic E-state index is -0.205. The zero-order valence-corrected chi connectivity index (χ0v) is 8.01. The lowest BCUT2D eigenvalue weighted by molar-refractivity contribution is 0.313. The summed E-state index contributed by atoms with van der Waals surface area (Å²) in [5.74, 6) is 0.591. The average molecular weight is 191 g/mol. The van der Waals surface area contributed by atoms with Crippen molar-refractivity contribution in [1.29, 1.82) is 0 Å². The molecule has 14 heavy (non-hydrogen) atoms. The van der Waals surface area contributed by atoms with Gasteiger partial charge in [0.2, 0.25) is 0 Å². The topological polar surface area (TPSA) is 71.5 Å². The Labute approximate surface area is 82.5 Å². The van der Waals surface area contributed by atoms with Gasteiger partial charge < -0.3 is 10.9 Å². The van der Waals surface area contributed by atoms with E-state index in [0.717, 1.165) is 12.1 Å². The Bertz CT molecular complexity index is 363. The van der Waals surface area contributed by atoms with Crippen LogP contribution in [0.3, 0.4) is 0 Å². The van der Waals surface area contributed by atoms with E-state index in [9.17, 15) is 0 Å². The zero-order valence-electron chi connectivity index (χ0n) is 8.01. The van der Waals surface area contributed by atoms with Crippen LogP contribution >= 0.6 is 0 Å². The fourth-order valence-corrected chi connectivity index (χ4v) is 1.78. The second-order valence-corrected chi connectivity index (χ2v) is 3.91. The van der Waals surface area contributed by atoms with Crippen LogP contribution in [0, 0.1) is 5.41 Å². The third-order valence-corrected chi connectivity index (χ3v) is 2.97. The first kappa shape index (κ1) is 8.99. The number of aromatic nitrogens is 1. The molecule has 1 aromatic rings. The van der Waals surface area contributed by atoms with E-state index < -0.39 is 0 Å². The van der Waals surface area contributed by atoms with Crippen LogP contribution in [0.1, 0.15) is 25.0 Å². The zero-order chi connectivity index (χ0) is 10.2. The molecule has 2 atom stereocenters. The number of pyridine rings is 1. The van der Waals surface area contributed by atoms with Crippen molar-refractivity contribution in [3.63, 3.8) is 0 Å². The van der Waals surface area contributed by atoms with Crippen molar-refractivity contribution in [3.05, 3.63) is 30.1 Å². The molecule has 1 aliphatic rings. The van der Waals surface area contributed by atoms with Gasteiger partial charge in [0.15, 0.2) is 0 Å². The van der Waals surface area contributed by atoms with Crippen LogP contribution < -0.4 is 5.73 Å². The van der Waals surface area contributed by atoms with E-state index in [2.05, 4.69) is 10.1 Å². The summed E-state index contributed by atoms with van der Waals surface area (Å²) in [6.07, 6.45) is 2.67. The Hall–Kier alpha value is -1.58. The predicted molar refractivity (Wildman–Crippen MR) is 53.1 cm³/mol. The van der Waals surface area contributed by atoms with Gasteiger partial charge in [-0.15, -0.1) is 0 Å². The van der Waals surface area contributed by atoms with Gasteiger partial charge in [-0.2, -0.15) is 0 Å². The third kappa shape index (κ3) is 1.23. The predicted octanol–water partition coefficient (Wildman–Crippen LogP) is 1.32. The van der Waals surface area contributed by atoms with E-state index in [0.29, 0.717) is 11.8 Å². The molecule has 3 N–H and O–H groups in total. The third-order valence-electron chi connectivity index (χ3n) is 2.97. The molecular weight excluding hydrogens is 178 g/mol. The normalized spacial score (nSPS) is 31.5. The summed E-state index contributed by atoms with van der Waals surface area (Å²) >= 11 is 0. The van der Waals surface area contributed by atoms with Crippen LogP contribution in [0.25, 0.3) is 0 Å². The Morgan fingerprint density at radius 1 is 1.71 bits per heavy atom. The monoisotopic (exact) mass is 191 g/mol. The maximum absolute atomic E-state index is 8.62. The van der Waals surface area contributed by atoms with Crippen molar-refractivity contribution in [2.45, 2.75) is 19.3 Å². The number of nitrogens with two attached hydrogens (primary N) is 1.